The fourth-order valence-electron chi connectivity index (χ4n) is 3.83. The Morgan fingerprint density at radius 1 is 1.14 bits per heavy atom. The molecule has 29 heavy (non-hydrogen) atoms. The van der Waals surface area contributed by atoms with Crippen LogP contribution in [0.25, 0.3) is 5.76 Å². The highest BCUT2D eigenvalue weighted by atomic mass is 35.5. The van der Waals surface area contributed by atoms with Crippen LogP contribution >= 0.6 is 11.6 Å². The Balaban J connectivity index is 1.81. The minimum absolute atomic E-state index is 0.0260. The number of amides is 1. The number of aliphatic hydroxyl groups is 1. The lowest BCUT2D eigenvalue weighted by molar-refractivity contribution is -0.140. The van der Waals surface area contributed by atoms with Crippen molar-refractivity contribution in [3.05, 3.63) is 76.1 Å². The van der Waals surface area contributed by atoms with Crippen molar-refractivity contribution in [2.24, 2.45) is 0 Å². The molecule has 0 bridgehead atoms. The molecule has 2 heterocycles. The van der Waals surface area contributed by atoms with Crippen LogP contribution in [-0.4, -0.2) is 41.0 Å². The second-order valence-corrected chi connectivity index (χ2v) is 7.58. The maximum atomic E-state index is 13.3. The van der Waals surface area contributed by atoms with E-state index >= 15 is 0 Å². The van der Waals surface area contributed by atoms with Crippen LogP contribution in [0.2, 0.25) is 5.02 Å². The molecule has 2 aliphatic rings. The molecule has 5 nitrogen and oxygen atoms in total. The molecule has 0 saturated carbocycles. The van der Waals surface area contributed by atoms with Crippen molar-refractivity contribution in [3.63, 3.8) is 0 Å². The summed E-state index contributed by atoms with van der Waals surface area (Å²) in [6.07, 6.45) is 1.54. The third kappa shape index (κ3) is 3.78. The number of carbonyl (C=O) groups is 2. The molecular formula is C22H19ClFNO4. The van der Waals surface area contributed by atoms with Gasteiger partial charge < -0.3 is 14.7 Å². The SMILES string of the molecule is O=C1C(=O)N(CC2CCCO2)C(c2ccc(Cl)cc2)C1=C(O)c1ccc(F)cc1. The number of aliphatic hydroxyl groups excluding tert-OH is 1. The van der Waals surface area contributed by atoms with Gasteiger partial charge >= 0.3 is 0 Å². The summed E-state index contributed by atoms with van der Waals surface area (Å²) in [6.45, 7) is 0.869. The summed E-state index contributed by atoms with van der Waals surface area (Å²) in [6, 6.07) is 11.1. The molecule has 0 spiro atoms. The lowest BCUT2D eigenvalue weighted by Crippen LogP contribution is -2.36. The van der Waals surface area contributed by atoms with E-state index in [9.17, 15) is 19.1 Å². The van der Waals surface area contributed by atoms with Gasteiger partial charge in [0.25, 0.3) is 11.7 Å². The molecule has 0 radical (unpaired) electrons. The largest absolute Gasteiger partial charge is 0.507 e. The van der Waals surface area contributed by atoms with Crippen LogP contribution in [0, 0.1) is 5.82 Å². The number of rotatable bonds is 4. The normalized spacial score (nSPS) is 23.7. The maximum Gasteiger partial charge on any atom is 0.295 e. The van der Waals surface area contributed by atoms with Crippen LogP contribution in [0.4, 0.5) is 4.39 Å². The third-order valence-corrected chi connectivity index (χ3v) is 5.52. The van der Waals surface area contributed by atoms with Gasteiger partial charge in [0.05, 0.1) is 17.7 Å². The molecule has 2 aromatic rings. The average molecular weight is 416 g/mol. The van der Waals surface area contributed by atoms with Gasteiger partial charge in [-0.15, -0.1) is 0 Å². The lowest BCUT2D eigenvalue weighted by atomic mass is 9.95. The van der Waals surface area contributed by atoms with E-state index in [4.69, 9.17) is 16.3 Å². The summed E-state index contributed by atoms with van der Waals surface area (Å²) in [5, 5.41) is 11.4. The fraction of sp³-hybridized carbons (Fsp3) is 0.273. The maximum absolute atomic E-state index is 13.3. The number of ketones is 1. The van der Waals surface area contributed by atoms with Crippen LogP contribution < -0.4 is 0 Å². The number of Topliss-reactive ketones (excluding diaryl/α,β-unsaturated/α-hetero) is 1. The first-order valence-corrected chi connectivity index (χ1v) is 9.75. The quantitative estimate of drug-likeness (QED) is 0.464. The van der Waals surface area contributed by atoms with E-state index < -0.39 is 23.5 Å². The van der Waals surface area contributed by atoms with Gasteiger partial charge in [-0.3, -0.25) is 9.59 Å². The molecule has 2 aromatic carbocycles. The van der Waals surface area contributed by atoms with Gasteiger partial charge in [0.1, 0.15) is 11.6 Å². The minimum Gasteiger partial charge on any atom is -0.507 e. The number of halogens is 2. The monoisotopic (exact) mass is 415 g/mol. The van der Waals surface area contributed by atoms with Crippen molar-refractivity contribution < 1.29 is 23.8 Å². The van der Waals surface area contributed by atoms with Crippen LogP contribution in [0.15, 0.2) is 54.1 Å². The molecule has 2 atom stereocenters. The number of nitrogens with zero attached hydrogens (tertiary/aromatic N) is 1. The van der Waals surface area contributed by atoms with Crippen molar-refractivity contribution in [3.8, 4) is 0 Å². The zero-order chi connectivity index (χ0) is 20.5. The number of hydrogen-bond acceptors (Lipinski definition) is 4. The highest BCUT2D eigenvalue weighted by molar-refractivity contribution is 6.46. The summed E-state index contributed by atoms with van der Waals surface area (Å²) in [5.74, 6) is -2.26. The molecule has 7 heteroatoms. The summed E-state index contributed by atoms with van der Waals surface area (Å²) < 4.78 is 18.9. The highest BCUT2D eigenvalue weighted by Crippen LogP contribution is 2.40. The first-order valence-electron chi connectivity index (χ1n) is 9.37. The van der Waals surface area contributed by atoms with E-state index in [-0.39, 0.29) is 29.5 Å². The van der Waals surface area contributed by atoms with Crippen LogP contribution in [0.5, 0.6) is 0 Å². The van der Waals surface area contributed by atoms with Crippen molar-refractivity contribution in [2.75, 3.05) is 13.2 Å². The average Bonchev–Trinajstić information content (AvgIpc) is 3.31. The summed E-state index contributed by atoms with van der Waals surface area (Å²) in [7, 11) is 0. The van der Waals surface area contributed by atoms with Crippen LogP contribution in [0.3, 0.4) is 0 Å². The summed E-state index contributed by atoms with van der Waals surface area (Å²) >= 11 is 5.99. The van der Waals surface area contributed by atoms with Crippen molar-refractivity contribution in [1.82, 2.24) is 4.90 Å². The topological polar surface area (TPSA) is 66.8 Å². The number of likely N-dealkylation sites (tertiary alicyclic amines) is 1. The molecular weight excluding hydrogens is 397 g/mol. The Hall–Kier alpha value is -2.70. The molecule has 1 N–H and O–H groups in total. The van der Waals surface area contributed by atoms with Gasteiger partial charge in [0.2, 0.25) is 0 Å². The Kier molecular flexibility index (Phi) is 5.39. The first kappa shape index (κ1) is 19.6. The van der Waals surface area contributed by atoms with E-state index in [1.807, 2.05) is 0 Å². The van der Waals surface area contributed by atoms with E-state index in [1.165, 1.54) is 29.2 Å². The number of benzene rings is 2. The number of hydrogen-bond donors (Lipinski definition) is 1. The third-order valence-electron chi connectivity index (χ3n) is 5.27. The van der Waals surface area contributed by atoms with E-state index in [2.05, 4.69) is 0 Å². The zero-order valence-corrected chi connectivity index (χ0v) is 16.2. The van der Waals surface area contributed by atoms with Gasteiger partial charge in [0, 0.05) is 23.7 Å². The van der Waals surface area contributed by atoms with Crippen molar-refractivity contribution in [2.45, 2.75) is 25.0 Å². The van der Waals surface area contributed by atoms with E-state index in [1.54, 1.807) is 24.3 Å². The zero-order valence-electron chi connectivity index (χ0n) is 15.5. The summed E-state index contributed by atoms with van der Waals surface area (Å²) in [5.41, 5.74) is 0.887. The van der Waals surface area contributed by atoms with Gasteiger partial charge in [-0.05, 0) is 54.8 Å². The van der Waals surface area contributed by atoms with Gasteiger partial charge in [-0.2, -0.15) is 0 Å². The first-order chi connectivity index (χ1) is 14.0. The highest BCUT2D eigenvalue weighted by Gasteiger charge is 2.47. The van der Waals surface area contributed by atoms with Crippen molar-refractivity contribution >= 4 is 29.1 Å². The standard InChI is InChI=1S/C22H19ClFNO4/c23-15-7-3-13(4-8-15)19-18(20(26)14-5-9-16(24)10-6-14)21(27)22(28)25(19)12-17-2-1-11-29-17/h3-10,17,19,26H,1-2,11-12H2. The van der Waals surface area contributed by atoms with Crippen LogP contribution in [0.1, 0.15) is 30.0 Å². The Labute approximate surface area is 172 Å². The second kappa shape index (κ2) is 7.97. The minimum atomic E-state index is -0.776. The van der Waals surface area contributed by atoms with E-state index in [0.29, 0.717) is 17.2 Å². The molecule has 2 saturated heterocycles. The fourth-order valence-corrected chi connectivity index (χ4v) is 3.96. The predicted octanol–water partition coefficient (Wildman–Crippen LogP) is 4.08. The molecule has 150 valence electrons. The second-order valence-electron chi connectivity index (χ2n) is 7.14. The van der Waals surface area contributed by atoms with Gasteiger partial charge in [-0.1, -0.05) is 23.7 Å². The molecule has 4 rings (SSSR count). The van der Waals surface area contributed by atoms with E-state index in [0.717, 1.165) is 12.8 Å². The molecule has 1 amide bonds. The predicted molar refractivity (Wildman–Crippen MR) is 106 cm³/mol. The van der Waals surface area contributed by atoms with Gasteiger partial charge in [0.15, 0.2) is 0 Å². The smallest absolute Gasteiger partial charge is 0.295 e. The Morgan fingerprint density at radius 3 is 2.45 bits per heavy atom. The molecule has 0 aliphatic carbocycles. The van der Waals surface area contributed by atoms with Crippen LogP contribution in [-0.2, 0) is 14.3 Å². The van der Waals surface area contributed by atoms with Gasteiger partial charge in [-0.25, -0.2) is 4.39 Å². The Morgan fingerprint density at radius 2 is 1.83 bits per heavy atom. The summed E-state index contributed by atoms with van der Waals surface area (Å²) in [4.78, 5) is 27.1. The van der Waals surface area contributed by atoms with Crippen molar-refractivity contribution in [1.29, 1.82) is 0 Å². The number of ether oxygens (including phenoxy) is 1. The number of carbonyl (C=O) groups excluding carboxylic acids is 2. The lowest BCUT2D eigenvalue weighted by Gasteiger charge is -2.27. The molecule has 2 unspecified atom stereocenters. The molecule has 2 fully saturated rings. The Bertz CT molecular complexity index is 965. The molecule has 2 aliphatic heterocycles. The molecule has 0 aromatic heterocycles.